The maximum atomic E-state index is 12.7. The summed E-state index contributed by atoms with van der Waals surface area (Å²) in [6.45, 7) is 0.183. The van der Waals surface area contributed by atoms with E-state index in [4.69, 9.17) is 15.2 Å². The summed E-state index contributed by atoms with van der Waals surface area (Å²) < 4.78 is 10.6. The number of hydrogen-bond donors (Lipinski definition) is 2. The van der Waals surface area contributed by atoms with E-state index in [0.29, 0.717) is 22.9 Å². The van der Waals surface area contributed by atoms with Crippen LogP contribution < -0.4 is 20.5 Å². The number of nitrogens with two attached hydrogens (primary N) is 1. The van der Waals surface area contributed by atoms with Crippen LogP contribution in [-0.4, -0.2) is 12.7 Å². The van der Waals surface area contributed by atoms with Gasteiger partial charge in [0.15, 0.2) is 11.5 Å². The predicted octanol–water partition coefficient (Wildman–Crippen LogP) is 3.48. The summed E-state index contributed by atoms with van der Waals surface area (Å²) in [5, 5.41) is 2.95. The molecule has 1 unspecified atom stereocenters. The molecule has 0 saturated carbocycles. The third-order valence-electron chi connectivity index (χ3n) is 4.49. The quantitative estimate of drug-likeness (QED) is 0.816. The minimum absolute atomic E-state index is 0. The predicted molar refractivity (Wildman–Crippen MR) is 95.0 cm³/mol. The Morgan fingerprint density at radius 2 is 1.92 bits per heavy atom. The standard InChI is InChI=1S/C18H18N2O3.ClH/c19-14-8-16-17(23-10-22-16)9-15(14)20-18(21)13-7-3-5-11-4-1-2-6-12(11)13;/h1-2,4,6,8-9,13H,3,5,7,10,19H2,(H,20,21);1H. The Hall–Kier alpha value is -2.40. The van der Waals surface area contributed by atoms with Crippen molar-refractivity contribution < 1.29 is 14.3 Å². The van der Waals surface area contributed by atoms with Gasteiger partial charge in [-0.1, -0.05) is 24.3 Å². The van der Waals surface area contributed by atoms with Crippen LogP contribution in [0.5, 0.6) is 11.5 Å². The number of nitrogens with one attached hydrogen (secondary N) is 1. The van der Waals surface area contributed by atoms with Crippen molar-refractivity contribution >= 4 is 29.7 Å². The molecule has 2 aliphatic rings. The Labute approximate surface area is 146 Å². The minimum Gasteiger partial charge on any atom is -0.454 e. The Balaban J connectivity index is 0.00000169. The zero-order valence-corrected chi connectivity index (χ0v) is 13.9. The van der Waals surface area contributed by atoms with Crippen LogP contribution in [0.3, 0.4) is 0 Å². The molecule has 0 fully saturated rings. The van der Waals surface area contributed by atoms with Gasteiger partial charge in [-0.25, -0.2) is 0 Å². The SMILES string of the molecule is Cl.Nc1cc2c(cc1NC(=O)C1CCCc3ccccc31)OCO2. The van der Waals surface area contributed by atoms with Gasteiger partial charge in [0.1, 0.15) is 0 Å². The van der Waals surface area contributed by atoms with E-state index >= 15 is 0 Å². The van der Waals surface area contributed by atoms with Gasteiger partial charge in [0.2, 0.25) is 12.7 Å². The molecule has 1 aliphatic carbocycles. The van der Waals surface area contributed by atoms with Gasteiger partial charge in [0.05, 0.1) is 17.3 Å². The van der Waals surface area contributed by atoms with Crippen molar-refractivity contribution in [3.8, 4) is 11.5 Å². The first-order chi connectivity index (χ1) is 11.2. The third kappa shape index (κ3) is 2.87. The molecule has 0 saturated heterocycles. The van der Waals surface area contributed by atoms with Crippen LogP contribution in [0.25, 0.3) is 0 Å². The van der Waals surface area contributed by atoms with Crippen LogP contribution in [0.2, 0.25) is 0 Å². The Morgan fingerprint density at radius 1 is 1.17 bits per heavy atom. The van der Waals surface area contributed by atoms with Crippen LogP contribution >= 0.6 is 12.4 Å². The van der Waals surface area contributed by atoms with Crippen LogP contribution in [0.1, 0.15) is 29.9 Å². The highest BCUT2D eigenvalue weighted by molar-refractivity contribution is 5.99. The number of benzene rings is 2. The molecule has 1 amide bonds. The number of halogens is 1. The topological polar surface area (TPSA) is 73.6 Å². The highest BCUT2D eigenvalue weighted by Gasteiger charge is 2.27. The number of nitrogen functional groups attached to an aromatic ring is 1. The smallest absolute Gasteiger partial charge is 0.231 e. The number of rotatable bonds is 2. The largest absolute Gasteiger partial charge is 0.454 e. The Morgan fingerprint density at radius 3 is 2.75 bits per heavy atom. The number of hydrogen-bond acceptors (Lipinski definition) is 4. The molecule has 0 aromatic heterocycles. The van der Waals surface area contributed by atoms with E-state index in [9.17, 15) is 4.79 Å². The molecule has 3 N–H and O–H groups in total. The molecule has 2 aromatic rings. The molecule has 5 nitrogen and oxygen atoms in total. The second-order valence-corrected chi connectivity index (χ2v) is 5.93. The number of fused-ring (bicyclic) bond motifs is 2. The maximum Gasteiger partial charge on any atom is 0.231 e. The third-order valence-corrected chi connectivity index (χ3v) is 4.49. The molecule has 2 aromatic carbocycles. The lowest BCUT2D eigenvalue weighted by molar-refractivity contribution is -0.117. The molecule has 1 atom stereocenters. The molecule has 0 radical (unpaired) electrons. The van der Waals surface area contributed by atoms with Crippen molar-refractivity contribution in [2.75, 3.05) is 17.8 Å². The fraction of sp³-hybridized carbons (Fsp3) is 0.278. The summed E-state index contributed by atoms with van der Waals surface area (Å²) in [5.74, 6) is 1.06. The molecule has 24 heavy (non-hydrogen) atoms. The lowest BCUT2D eigenvalue weighted by Gasteiger charge is -2.25. The zero-order valence-electron chi connectivity index (χ0n) is 13.1. The maximum absolute atomic E-state index is 12.7. The second kappa shape index (κ2) is 6.61. The number of carbonyl (C=O) groups excluding carboxylic acids is 1. The highest BCUT2D eigenvalue weighted by Crippen LogP contribution is 2.39. The average molecular weight is 347 g/mol. The summed E-state index contributed by atoms with van der Waals surface area (Å²) in [6.07, 6.45) is 2.91. The van der Waals surface area contributed by atoms with Gasteiger partial charge >= 0.3 is 0 Å². The van der Waals surface area contributed by atoms with Gasteiger partial charge in [-0.15, -0.1) is 12.4 Å². The molecule has 1 aliphatic heterocycles. The first-order valence-electron chi connectivity index (χ1n) is 7.80. The van der Waals surface area contributed by atoms with Gasteiger partial charge in [0.25, 0.3) is 0 Å². The van der Waals surface area contributed by atoms with Gasteiger partial charge in [-0.2, -0.15) is 0 Å². The van der Waals surface area contributed by atoms with Crippen molar-refractivity contribution in [2.45, 2.75) is 25.2 Å². The monoisotopic (exact) mass is 346 g/mol. The van der Waals surface area contributed by atoms with Crippen molar-refractivity contribution in [3.05, 3.63) is 47.5 Å². The van der Waals surface area contributed by atoms with E-state index in [0.717, 1.165) is 24.8 Å². The minimum atomic E-state index is -0.134. The molecular weight excluding hydrogens is 328 g/mol. The van der Waals surface area contributed by atoms with Gasteiger partial charge in [-0.3, -0.25) is 4.79 Å². The van der Waals surface area contributed by atoms with Crippen LogP contribution in [0, 0.1) is 0 Å². The second-order valence-electron chi connectivity index (χ2n) is 5.93. The molecular formula is C18H19ClN2O3. The average Bonchev–Trinajstić information content (AvgIpc) is 3.01. The van der Waals surface area contributed by atoms with Crippen LogP contribution in [0.15, 0.2) is 36.4 Å². The van der Waals surface area contributed by atoms with E-state index in [-0.39, 0.29) is 31.0 Å². The summed E-state index contributed by atoms with van der Waals surface area (Å²) in [7, 11) is 0. The lowest BCUT2D eigenvalue weighted by Crippen LogP contribution is -2.25. The number of anilines is 2. The number of ether oxygens (including phenoxy) is 2. The molecule has 0 spiro atoms. The Bertz CT molecular complexity index is 779. The van der Waals surface area contributed by atoms with Gasteiger partial charge in [-0.05, 0) is 30.4 Å². The zero-order chi connectivity index (χ0) is 15.8. The van der Waals surface area contributed by atoms with Crippen LogP contribution in [-0.2, 0) is 11.2 Å². The summed E-state index contributed by atoms with van der Waals surface area (Å²) in [6, 6.07) is 11.6. The lowest BCUT2D eigenvalue weighted by atomic mass is 9.82. The van der Waals surface area contributed by atoms with Crippen molar-refractivity contribution in [2.24, 2.45) is 0 Å². The summed E-state index contributed by atoms with van der Waals surface area (Å²) >= 11 is 0. The van der Waals surface area contributed by atoms with E-state index in [1.165, 1.54) is 5.56 Å². The number of carbonyl (C=O) groups is 1. The molecule has 0 bridgehead atoms. The van der Waals surface area contributed by atoms with Crippen LogP contribution in [0.4, 0.5) is 11.4 Å². The summed E-state index contributed by atoms with van der Waals surface area (Å²) in [4.78, 5) is 12.7. The molecule has 6 heteroatoms. The molecule has 1 heterocycles. The van der Waals surface area contributed by atoms with E-state index < -0.39 is 0 Å². The number of amides is 1. The Kier molecular flexibility index (Phi) is 4.53. The fourth-order valence-electron chi connectivity index (χ4n) is 3.31. The molecule has 126 valence electrons. The van der Waals surface area contributed by atoms with E-state index in [1.54, 1.807) is 12.1 Å². The summed E-state index contributed by atoms with van der Waals surface area (Å²) in [5.41, 5.74) is 9.45. The first-order valence-corrected chi connectivity index (χ1v) is 7.80. The first kappa shape index (κ1) is 16.5. The molecule has 4 rings (SSSR count). The fourth-order valence-corrected chi connectivity index (χ4v) is 3.31. The van der Waals surface area contributed by atoms with Crippen molar-refractivity contribution in [1.29, 1.82) is 0 Å². The van der Waals surface area contributed by atoms with Gasteiger partial charge < -0.3 is 20.5 Å². The van der Waals surface area contributed by atoms with E-state index in [1.807, 2.05) is 18.2 Å². The number of aryl methyl sites for hydroxylation is 1. The van der Waals surface area contributed by atoms with Gasteiger partial charge in [0, 0.05) is 12.1 Å². The van der Waals surface area contributed by atoms with Crippen molar-refractivity contribution in [1.82, 2.24) is 0 Å². The van der Waals surface area contributed by atoms with E-state index in [2.05, 4.69) is 11.4 Å². The van der Waals surface area contributed by atoms with Crippen molar-refractivity contribution in [3.63, 3.8) is 0 Å². The highest BCUT2D eigenvalue weighted by atomic mass is 35.5. The normalized spacial score (nSPS) is 17.6.